The summed E-state index contributed by atoms with van der Waals surface area (Å²) < 4.78 is 38.6. The van der Waals surface area contributed by atoms with Crippen molar-refractivity contribution < 1.29 is 13.2 Å². The summed E-state index contributed by atoms with van der Waals surface area (Å²) in [7, 11) is 0. The van der Waals surface area contributed by atoms with Gasteiger partial charge in [-0.15, -0.1) is 11.3 Å². The van der Waals surface area contributed by atoms with Gasteiger partial charge in [0, 0.05) is 4.88 Å². The van der Waals surface area contributed by atoms with Gasteiger partial charge in [-0.3, -0.25) is 0 Å². The van der Waals surface area contributed by atoms with Crippen molar-refractivity contribution in [2.24, 2.45) is 0 Å². The summed E-state index contributed by atoms with van der Waals surface area (Å²) in [5.41, 5.74) is -0.267. The Morgan fingerprint density at radius 3 is 2.45 bits per heavy atom. The molecule has 1 aromatic heterocycles. The number of rotatable bonds is 3. The normalized spacial score (nSPS) is 13.3. The number of hydrogen-bond donors (Lipinski definition) is 1. The van der Waals surface area contributed by atoms with E-state index in [4.69, 9.17) is 11.6 Å². The molecular weight excluding hydrogens is 375 g/mol. The van der Waals surface area contributed by atoms with E-state index < -0.39 is 11.7 Å². The van der Waals surface area contributed by atoms with Crippen molar-refractivity contribution in [1.29, 1.82) is 0 Å². The van der Waals surface area contributed by atoms with E-state index in [0.717, 1.165) is 20.8 Å². The SMILES string of the molecule is CC(Nc1ccc(C(F)(F)F)cc1Cl)c1ccc(Br)s1. The second kappa shape index (κ2) is 5.95. The fraction of sp³-hybridized carbons (Fsp3) is 0.231. The molecule has 1 atom stereocenters. The minimum absolute atomic E-state index is 0.0412. The quantitative estimate of drug-likeness (QED) is 0.649. The Hall–Kier alpha value is -0.720. The Morgan fingerprint density at radius 1 is 1.25 bits per heavy atom. The first kappa shape index (κ1) is 15.7. The minimum Gasteiger partial charge on any atom is -0.377 e. The number of anilines is 1. The maximum Gasteiger partial charge on any atom is 0.416 e. The monoisotopic (exact) mass is 383 g/mol. The molecule has 2 rings (SSSR count). The molecule has 2 aromatic rings. The number of alkyl halides is 3. The highest BCUT2D eigenvalue weighted by Gasteiger charge is 2.30. The summed E-state index contributed by atoms with van der Waals surface area (Å²) in [5, 5.41) is 3.17. The van der Waals surface area contributed by atoms with E-state index in [1.807, 2.05) is 19.1 Å². The fourth-order valence-corrected chi connectivity index (χ4v) is 3.33. The van der Waals surface area contributed by atoms with E-state index in [0.29, 0.717) is 5.69 Å². The molecule has 0 saturated heterocycles. The van der Waals surface area contributed by atoms with E-state index in [1.165, 1.54) is 6.07 Å². The molecule has 20 heavy (non-hydrogen) atoms. The molecule has 0 bridgehead atoms. The van der Waals surface area contributed by atoms with E-state index in [1.54, 1.807) is 11.3 Å². The molecule has 0 spiro atoms. The molecule has 7 heteroatoms. The van der Waals surface area contributed by atoms with Crippen LogP contribution in [0.15, 0.2) is 34.1 Å². The Morgan fingerprint density at radius 2 is 1.95 bits per heavy atom. The van der Waals surface area contributed by atoms with Crippen LogP contribution in [-0.2, 0) is 6.18 Å². The number of halogens is 5. The zero-order valence-electron chi connectivity index (χ0n) is 10.3. The maximum absolute atomic E-state index is 12.5. The van der Waals surface area contributed by atoms with Gasteiger partial charge in [-0.1, -0.05) is 11.6 Å². The molecule has 1 nitrogen and oxygen atoms in total. The van der Waals surface area contributed by atoms with Crippen LogP contribution in [0.1, 0.15) is 23.4 Å². The Labute approximate surface area is 131 Å². The lowest BCUT2D eigenvalue weighted by molar-refractivity contribution is -0.137. The predicted octanol–water partition coefficient (Wildman–Crippen LogP) is 6.36. The predicted molar refractivity (Wildman–Crippen MR) is 80.5 cm³/mol. The van der Waals surface area contributed by atoms with Crippen molar-refractivity contribution in [1.82, 2.24) is 0 Å². The smallest absolute Gasteiger partial charge is 0.377 e. The number of hydrogen-bond acceptors (Lipinski definition) is 2. The summed E-state index contributed by atoms with van der Waals surface area (Å²) in [4.78, 5) is 1.06. The third kappa shape index (κ3) is 3.68. The van der Waals surface area contributed by atoms with Gasteiger partial charge in [-0.05, 0) is 53.2 Å². The van der Waals surface area contributed by atoms with Crippen LogP contribution in [0.3, 0.4) is 0 Å². The molecule has 0 saturated carbocycles. The molecule has 0 radical (unpaired) electrons. The molecule has 0 aliphatic carbocycles. The summed E-state index contributed by atoms with van der Waals surface area (Å²) in [6.07, 6.45) is -4.38. The van der Waals surface area contributed by atoms with Gasteiger partial charge in [0.25, 0.3) is 0 Å². The maximum atomic E-state index is 12.5. The Bertz CT molecular complexity index is 612. The third-order valence-electron chi connectivity index (χ3n) is 2.69. The molecule has 108 valence electrons. The lowest BCUT2D eigenvalue weighted by atomic mass is 10.2. The van der Waals surface area contributed by atoms with Gasteiger partial charge in [0.15, 0.2) is 0 Å². The zero-order valence-corrected chi connectivity index (χ0v) is 13.4. The first-order valence-electron chi connectivity index (χ1n) is 5.66. The van der Waals surface area contributed by atoms with E-state index in [-0.39, 0.29) is 11.1 Å². The van der Waals surface area contributed by atoms with Gasteiger partial charge < -0.3 is 5.32 Å². The van der Waals surface area contributed by atoms with E-state index in [9.17, 15) is 13.2 Å². The summed E-state index contributed by atoms with van der Waals surface area (Å²) >= 11 is 10.8. The molecule has 0 aliphatic rings. The molecule has 1 unspecified atom stereocenters. The van der Waals surface area contributed by atoms with Crippen molar-refractivity contribution in [2.75, 3.05) is 5.32 Å². The first-order valence-corrected chi connectivity index (χ1v) is 7.64. The van der Waals surface area contributed by atoms with Crippen molar-refractivity contribution in [2.45, 2.75) is 19.1 Å². The molecular formula is C13H10BrClF3NS. The van der Waals surface area contributed by atoms with Crippen LogP contribution in [0.25, 0.3) is 0 Å². The number of benzene rings is 1. The standard InChI is InChI=1S/C13H10BrClF3NS/c1-7(11-4-5-12(14)20-11)19-10-3-2-8(6-9(10)15)13(16,17)18/h2-7,19H,1H3. The lowest BCUT2D eigenvalue weighted by Crippen LogP contribution is -2.08. The van der Waals surface area contributed by atoms with Gasteiger partial charge in [0.2, 0.25) is 0 Å². The number of nitrogens with one attached hydrogen (secondary N) is 1. The Kier molecular flexibility index (Phi) is 4.66. The van der Waals surface area contributed by atoms with Crippen LogP contribution < -0.4 is 5.32 Å². The van der Waals surface area contributed by atoms with Gasteiger partial charge in [-0.25, -0.2) is 0 Å². The first-order chi connectivity index (χ1) is 9.27. The van der Waals surface area contributed by atoms with Crippen LogP contribution in [0.5, 0.6) is 0 Å². The largest absolute Gasteiger partial charge is 0.416 e. The van der Waals surface area contributed by atoms with Crippen LogP contribution >= 0.6 is 38.9 Å². The second-order valence-corrected chi connectivity index (χ2v) is 7.10. The summed E-state index contributed by atoms with van der Waals surface area (Å²) in [5.74, 6) is 0. The van der Waals surface area contributed by atoms with Crippen molar-refractivity contribution >= 4 is 44.6 Å². The average Bonchev–Trinajstić information content (AvgIpc) is 2.77. The topological polar surface area (TPSA) is 12.0 Å². The molecule has 1 N–H and O–H groups in total. The molecule has 0 fully saturated rings. The van der Waals surface area contributed by atoms with Crippen LogP contribution in [0, 0.1) is 0 Å². The minimum atomic E-state index is -4.38. The molecule has 0 amide bonds. The van der Waals surface area contributed by atoms with Gasteiger partial charge in [0.05, 0.1) is 26.1 Å². The highest BCUT2D eigenvalue weighted by Crippen LogP contribution is 2.35. The van der Waals surface area contributed by atoms with Crippen LogP contribution in [-0.4, -0.2) is 0 Å². The molecule has 0 aliphatic heterocycles. The summed E-state index contributed by atoms with van der Waals surface area (Å²) in [6.45, 7) is 1.92. The lowest BCUT2D eigenvalue weighted by Gasteiger charge is -2.16. The zero-order chi connectivity index (χ0) is 14.9. The molecule has 1 heterocycles. The van der Waals surface area contributed by atoms with Crippen LogP contribution in [0.2, 0.25) is 5.02 Å². The van der Waals surface area contributed by atoms with Crippen molar-refractivity contribution in [3.63, 3.8) is 0 Å². The third-order valence-corrected chi connectivity index (χ3v) is 4.81. The highest BCUT2D eigenvalue weighted by atomic mass is 79.9. The van der Waals surface area contributed by atoms with Crippen molar-refractivity contribution in [3.8, 4) is 0 Å². The van der Waals surface area contributed by atoms with Gasteiger partial charge in [0.1, 0.15) is 0 Å². The average molecular weight is 385 g/mol. The van der Waals surface area contributed by atoms with E-state index in [2.05, 4.69) is 21.2 Å². The second-order valence-electron chi connectivity index (χ2n) is 4.20. The summed E-state index contributed by atoms with van der Waals surface area (Å²) in [6, 6.07) is 7.13. The highest BCUT2D eigenvalue weighted by molar-refractivity contribution is 9.11. The van der Waals surface area contributed by atoms with Crippen molar-refractivity contribution in [3.05, 3.63) is 49.6 Å². The fourth-order valence-electron chi connectivity index (χ4n) is 1.67. The number of thiophene rings is 1. The van der Waals surface area contributed by atoms with Crippen LogP contribution in [0.4, 0.5) is 18.9 Å². The van der Waals surface area contributed by atoms with Gasteiger partial charge in [-0.2, -0.15) is 13.2 Å². The van der Waals surface area contributed by atoms with Gasteiger partial charge >= 0.3 is 6.18 Å². The Balaban J connectivity index is 2.18. The van der Waals surface area contributed by atoms with E-state index >= 15 is 0 Å². The molecule has 1 aromatic carbocycles.